The van der Waals surface area contributed by atoms with Crippen LogP contribution in [0.5, 0.6) is 0 Å². The molecule has 9 nitrogen and oxygen atoms in total. The van der Waals surface area contributed by atoms with E-state index in [0.29, 0.717) is 23.9 Å². The number of allylic oxidation sites excluding steroid dienone is 24. The van der Waals surface area contributed by atoms with Gasteiger partial charge in [-0.25, -0.2) is 4.57 Å². The Balaban J connectivity index is 4.18. The number of hydrogen-bond acceptors (Lipinski definition) is 7. The number of hydrogen-bond donors (Lipinski definition) is 1. The van der Waals surface area contributed by atoms with E-state index in [-0.39, 0.29) is 26.1 Å². The first-order valence-corrected chi connectivity index (χ1v) is 31.1. The first kappa shape index (κ1) is 71.9. The maximum Gasteiger partial charge on any atom is 0.472 e. The van der Waals surface area contributed by atoms with Gasteiger partial charge in [-0.05, 0) is 116 Å². The van der Waals surface area contributed by atoms with Crippen LogP contribution in [0.4, 0.5) is 0 Å². The number of quaternary nitrogens is 1. The van der Waals surface area contributed by atoms with E-state index in [0.717, 1.165) is 128 Å². The number of phosphoric ester groups is 1. The first-order chi connectivity index (χ1) is 37.0. The van der Waals surface area contributed by atoms with Gasteiger partial charge >= 0.3 is 19.8 Å². The van der Waals surface area contributed by atoms with Crippen molar-refractivity contribution in [2.24, 2.45) is 0 Å². The largest absolute Gasteiger partial charge is 0.472 e. The van der Waals surface area contributed by atoms with Crippen molar-refractivity contribution >= 4 is 19.8 Å². The molecule has 0 aliphatic carbocycles. The number of ether oxygens (including phenoxy) is 2. The SMILES string of the molecule is CC/C=C\C/C=C\C/C=C\C/C=C\C/C=C\C/C=C\C/C=C\C/C=C\CCCCCCCCCCCCC(=O)OC(COC(=O)CCCCCC/C=C\C/C=C\C/C=C\C/C=C\CC)COP(=O)(O)OCC[N+](C)(C)C. The molecule has 76 heavy (non-hydrogen) atoms. The third-order valence-corrected chi connectivity index (χ3v) is 12.8. The fraction of sp³-hybridized carbons (Fsp3) is 0.606. The molecular weight excluding hydrogens is 966 g/mol. The normalized spacial score (nSPS) is 14.3. The Hall–Kier alpha value is -4.11. The van der Waals surface area contributed by atoms with Gasteiger partial charge in [0.1, 0.15) is 19.8 Å². The summed E-state index contributed by atoms with van der Waals surface area (Å²) in [4.78, 5) is 35.7. The Morgan fingerprint density at radius 2 is 0.711 bits per heavy atom. The van der Waals surface area contributed by atoms with Gasteiger partial charge in [0.05, 0.1) is 27.7 Å². The third-order valence-electron chi connectivity index (χ3n) is 11.9. The Labute approximate surface area is 465 Å². The van der Waals surface area contributed by atoms with Crippen LogP contribution in [0.3, 0.4) is 0 Å². The maximum atomic E-state index is 12.8. The van der Waals surface area contributed by atoms with Crippen LogP contribution in [0.15, 0.2) is 146 Å². The summed E-state index contributed by atoms with van der Waals surface area (Å²) in [7, 11) is 1.44. The zero-order valence-electron chi connectivity index (χ0n) is 48.7. The molecular formula is C66H109NO8P+. The average Bonchev–Trinajstić information content (AvgIpc) is 3.38. The number of nitrogens with zero attached hydrogens (tertiary/aromatic N) is 1. The van der Waals surface area contributed by atoms with Crippen molar-refractivity contribution in [2.75, 3.05) is 47.5 Å². The van der Waals surface area contributed by atoms with Crippen molar-refractivity contribution in [2.45, 2.75) is 213 Å². The van der Waals surface area contributed by atoms with E-state index in [1.54, 1.807) is 0 Å². The molecule has 0 amide bonds. The number of esters is 2. The number of likely N-dealkylation sites (N-methyl/N-ethyl adjacent to an activating group) is 1. The molecule has 0 saturated heterocycles. The molecule has 0 fully saturated rings. The lowest BCUT2D eigenvalue weighted by Crippen LogP contribution is -2.37. The summed E-state index contributed by atoms with van der Waals surface area (Å²) in [5, 5.41) is 0. The molecule has 2 atom stereocenters. The lowest BCUT2D eigenvalue weighted by Gasteiger charge is -2.24. The predicted octanol–water partition coefficient (Wildman–Crippen LogP) is 18.7. The fourth-order valence-corrected chi connectivity index (χ4v) is 8.12. The van der Waals surface area contributed by atoms with E-state index < -0.39 is 32.5 Å². The van der Waals surface area contributed by atoms with Crippen molar-refractivity contribution in [3.63, 3.8) is 0 Å². The van der Waals surface area contributed by atoms with Gasteiger partial charge in [0.15, 0.2) is 6.10 Å². The van der Waals surface area contributed by atoms with Crippen LogP contribution in [-0.2, 0) is 32.7 Å². The second kappa shape index (κ2) is 55.6. The lowest BCUT2D eigenvalue weighted by molar-refractivity contribution is -0.870. The van der Waals surface area contributed by atoms with Gasteiger partial charge in [0, 0.05) is 12.8 Å². The van der Waals surface area contributed by atoms with Crippen molar-refractivity contribution in [1.29, 1.82) is 0 Å². The van der Waals surface area contributed by atoms with Crippen molar-refractivity contribution in [3.8, 4) is 0 Å². The maximum absolute atomic E-state index is 12.8. The molecule has 0 bridgehead atoms. The van der Waals surface area contributed by atoms with Crippen LogP contribution < -0.4 is 0 Å². The molecule has 0 aromatic rings. The highest BCUT2D eigenvalue weighted by atomic mass is 31.2. The van der Waals surface area contributed by atoms with Crippen LogP contribution in [0.25, 0.3) is 0 Å². The van der Waals surface area contributed by atoms with Crippen molar-refractivity contribution in [1.82, 2.24) is 0 Å². The summed E-state index contributed by atoms with van der Waals surface area (Å²) in [6.07, 6.45) is 82.1. The number of unbranched alkanes of at least 4 members (excludes halogenated alkanes) is 14. The predicted molar refractivity (Wildman–Crippen MR) is 325 cm³/mol. The van der Waals surface area contributed by atoms with Gasteiger partial charge in [-0.3, -0.25) is 18.6 Å². The quantitative estimate of drug-likeness (QED) is 0.0211. The minimum Gasteiger partial charge on any atom is -0.462 e. The van der Waals surface area contributed by atoms with E-state index in [1.165, 1.54) is 38.5 Å². The monoisotopic (exact) mass is 1070 g/mol. The first-order valence-electron chi connectivity index (χ1n) is 29.6. The van der Waals surface area contributed by atoms with Crippen molar-refractivity contribution < 1.29 is 42.1 Å². The fourth-order valence-electron chi connectivity index (χ4n) is 7.37. The van der Waals surface area contributed by atoms with Gasteiger partial charge in [-0.15, -0.1) is 0 Å². The average molecular weight is 1080 g/mol. The smallest absolute Gasteiger partial charge is 0.462 e. The second-order valence-corrected chi connectivity index (χ2v) is 21.7. The van der Waals surface area contributed by atoms with Gasteiger partial charge < -0.3 is 18.9 Å². The Morgan fingerprint density at radius 1 is 0.408 bits per heavy atom. The zero-order valence-corrected chi connectivity index (χ0v) is 49.6. The molecule has 430 valence electrons. The van der Waals surface area contributed by atoms with Gasteiger partial charge in [-0.1, -0.05) is 224 Å². The Morgan fingerprint density at radius 3 is 1.05 bits per heavy atom. The number of phosphoric acid groups is 1. The van der Waals surface area contributed by atoms with Crippen LogP contribution in [0.1, 0.15) is 206 Å². The van der Waals surface area contributed by atoms with E-state index in [1.807, 2.05) is 21.1 Å². The molecule has 0 aliphatic heterocycles. The van der Waals surface area contributed by atoms with E-state index in [4.69, 9.17) is 18.5 Å². The molecule has 0 radical (unpaired) electrons. The van der Waals surface area contributed by atoms with Gasteiger partial charge in [0.25, 0.3) is 0 Å². The molecule has 0 aromatic carbocycles. The second-order valence-electron chi connectivity index (χ2n) is 20.3. The van der Waals surface area contributed by atoms with Gasteiger partial charge in [-0.2, -0.15) is 0 Å². The highest BCUT2D eigenvalue weighted by molar-refractivity contribution is 7.47. The van der Waals surface area contributed by atoms with E-state index >= 15 is 0 Å². The van der Waals surface area contributed by atoms with E-state index in [9.17, 15) is 19.0 Å². The molecule has 0 aromatic heterocycles. The lowest BCUT2D eigenvalue weighted by atomic mass is 10.0. The zero-order chi connectivity index (χ0) is 55.6. The number of rotatable bonds is 52. The van der Waals surface area contributed by atoms with Crippen LogP contribution in [0, 0.1) is 0 Å². The number of carbonyl (C=O) groups is 2. The van der Waals surface area contributed by atoms with Crippen LogP contribution in [-0.4, -0.2) is 74.9 Å². The highest BCUT2D eigenvalue weighted by Gasteiger charge is 2.27. The summed E-state index contributed by atoms with van der Waals surface area (Å²) in [5.41, 5.74) is 0. The molecule has 10 heteroatoms. The molecule has 1 N–H and O–H groups in total. The topological polar surface area (TPSA) is 108 Å². The minimum atomic E-state index is -4.40. The van der Waals surface area contributed by atoms with Crippen LogP contribution >= 0.6 is 7.82 Å². The minimum absolute atomic E-state index is 0.0186. The van der Waals surface area contributed by atoms with E-state index in [2.05, 4.69) is 160 Å². The molecule has 0 heterocycles. The summed E-state index contributed by atoms with van der Waals surface area (Å²) in [6.45, 7) is 4.15. The molecule has 0 saturated carbocycles. The molecule has 0 spiro atoms. The highest BCUT2D eigenvalue weighted by Crippen LogP contribution is 2.43. The Kier molecular flexibility index (Phi) is 52.6. The van der Waals surface area contributed by atoms with Crippen LogP contribution in [0.2, 0.25) is 0 Å². The number of carbonyl (C=O) groups excluding carboxylic acids is 2. The summed E-state index contributed by atoms with van der Waals surface area (Å²) >= 11 is 0. The standard InChI is InChI=1S/C66H108NO8P/c1-6-8-10-12-14-16-18-20-22-24-25-26-27-28-29-30-31-32-33-34-35-36-37-38-39-40-41-43-45-47-49-51-53-55-57-59-66(69)75-64(63-74-76(70,71)73-61-60-67(3,4)5)62-72-65(68)58-56-54-52-50-48-46-44-42-23-21-19-17-15-13-11-9-7-2/h8-11,14-17,20-23,25-26,28-29,31-32,34-35,37-38,44,46,64H,6-7,12-13,18-19,24,27,30,33,36,39-43,45,47-63H2,1-5H3/p+1/b10-8-,11-9-,16-14-,17-15-,22-20-,23-21-,26-25-,29-28-,32-31-,35-34-,38-37-,46-44-. The van der Waals surface area contributed by atoms with Crippen molar-refractivity contribution in [3.05, 3.63) is 146 Å². The molecule has 0 rings (SSSR count). The third kappa shape index (κ3) is 59.1. The molecule has 0 aliphatic rings. The van der Waals surface area contributed by atoms with Gasteiger partial charge in [0.2, 0.25) is 0 Å². The summed E-state index contributed by atoms with van der Waals surface area (Å²) in [5.74, 6) is -0.841. The molecule has 2 unspecified atom stereocenters. The summed E-state index contributed by atoms with van der Waals surface area (Å²) in [6, 6.07) is 0. The summed E-state index contributed by atoms with van der Waals surface area (Å²) < 4.78 is 34.5. The Bertz CT molecular complexity index is 1790.